The normalized spacial score (nSPS) is 23.5. The number of carbonyl (C=O) groups excluding carboxylic acids is 2. The van der Waals surface area contributed by atoms with Gasteiger partial charge < -0.3 is 31.5 Å². The molecule has 0 aromatic carbocycles. The average molecular weight is 456 g/mol. The number of aliphatic carboxylic acids is 1. The molecule has 1 rings (SSSR count). The standard InChI is InChI=1S/C22H41N5O5/c1-5-8-10-32-11-9-17(29)27-20-15(21(30)31)12-16(26-22(23)24)18(20)19(25-13(4)28)14(6-2)7-3/h14-16,18-20H,5-12H2,1-4H3,(H,25,28)(H,27,29)(H,30,31)(H4,23,24,26)/t15-,16+,18+,19+,20+/m0/s1. The maximum atomic E-state index is 12.7. The molecule has 10 heteroatoms. The molecule has 2 amide bonds. The summed E-state index contributed by atoms with van der Waals surface area (Å²) >= 11 is 0. The summed E-state index contributed by atoms with van der Waals surface area (Å²) in [4.78, 5) is 36.8. The number of unbranched alkanes of at least 4 members (excludes halogenated alkanes) is 1. The molecule has 1 aliphatic carbocycles. The summed E-state index contributed by atoms with van der Waals surface area (Å²) in [5.74, 6) is -3.06. The van der Waals surface area contributed by atoms with Gasteiger partial charge in [0.1, 0.15) is 0 Å². The van der Waals surface area contributed by atoms with Crippen molar-refractivity contribution in [1.29, 1.82) is 5.41 Å². The minimum atomic E-state index is -1.03. The summed E-state index contributed by atoms with van der Waals surface area (Å²) in [6, 6.07) is -1.57. The number of rotatable bonds is 14. The molecule has 0 spiro atoms. The van der Waals surface area contributed by atoms with Crippen molar-refractivity contribution >= 4 is 23.7 Å². The van der Waals surface area contributed by atoms with E-state index < -0.39 is 29.9 Å². The van der Waals surface area contributed by atoms with Crippen LogP contribution in [0.1, 0.15) is 66.2 Å². The summed E-state index contributed by atoms with van der Waals surface area (Å²) in [6.07, 6.45) is 3.78. The van der Waals surface area contributed by atoms with E-state index in [9.17, 15) is 19.5 Å². The van der Waals surface area contributed by atoms with Crippen molar-refractivity contribution in [3.05, 3.63) is 0 Å². The number of carboxylic acid groups (broad SMARTS) is 1. The van der Waals surface area contributed by atoms with Crippen LogP contribution in [0.4, 0.5) is 0 Å². The lowest BCUT2D eigenvalue weighted by Crippen LogP contribution is -2.58. The lowest BCUT2D eigenvalue weighted by Gasteiger charge is -2.38. The smallest absolute Gasteiger partial charge is 0.308 e. The lowest BCUT2D eigenvalue weighted by molar-refractivity contribution is -0.142. The third-order valence-electron chi connectivity index (χ3n) is 6.26. The molecule has 7 N–H and O–H groups in total. The van der Waals surface area contributed by atoms with Gasteiger partial charge in [-0.15, -0.1) is 0 Å². The highest BCUT2D eigenvalue weighted by molar-refractivity contribution is 5.80. The Hall–Kier alpha value is -2.36. The van der Waals surface area contributed by atoms with Crippen molar-refractivity contribution in [2.45, 2.75) is 84.3 Å². The Bertz CT molecular complexity index is 640. The first-order valence-electron chi connectivity index (χ1n) is 11.6. The molecule has 184 valence electrons. The molecule has 0 aromatic rings. The fraction of sp³-hybridized carbons (Fsp3) is 0.818. The zero-order valence-corrected chi connectivity index (χ0v) is 19.8. The molecule has 0 aliphatic heterocycles. The molecule has 1 fully saturated rings. The number of nitrogens with one attached hydrogen (secondary N) is 4. The second kappa shape index (κ2) is 13.9. The van der Waals surface area contributed by atoms with E-state index in [2.05, 4.69) is 22.9 Å². The number of hydrogen-bond donors (Lipinski definition) is 6. The second-order valence-corrected chi connectivity index (χ2v) is 8.53. The minimum absolute atomic E-state index is 0.0736. The third kappa shape index (κ3) is 8.29. The van der Waals surface area contributed by atoms with Crippen LogP contribution in [-0.2, 0) is 19.1 Å². The Kier molecular flexibility index (Phi) is 12.0. The van der Waals surface area contributed by atoms with Crippen molar-refractivity contribution in [3.63, 3.8) is 0 Å². The molecular formula is C22H41N5O5. The van der Waals surface area contributed by atoms with Gasteiger partial charge in [0, 0.05) is 44.0 Å². The largest absolute Gasteiger partial charge is 0.481 e. The van der Waals surface area contributed by atoms with Gasteiger partial charge >= 0.3 is 5.97 Å². The van der Waals surface area contributed by atoms with Gasteiger partial charge in [-0.1, -0.05) is 40.0 Å². The van der Waals surface area contributed by atoms with E-state index in [1.54, 1.807) is 0 Å². The highest BCUT2D eigenvalue weighted by atomic mass is 16.5. The Morgan fingerprint density at radius 1 is 1.16 bits per heavy atom. The molecular weight excluding hydrogens is 414 g/mol. The van der Waals surface area contributed by atoms with Crippen molar-refractivity contribution < 1.29 is 24.2 Å². The first-order chi connectivity index (χ1) is 15.2. The van der Waals surface area contributed by atoms with Gasteiger partial charge in [-0.05, 0) is 18.8 Å². The molecule has 5 atom stereocenters. The number of ether oxygens (including phenoxy) is 1. The molecule has 32 heavy (non-hydrogen) atoms. The molecule has 0 unspecified atom stereocenters. The topological polar surface area (TPSA) is 167 Å². The summed E-state index contributed by atoms with van der Waals surface area (Å²) in [7, 11) is 0. The molecule has 0 heterocycles. The Morgan fingerprint density at radius 2 is 1.81 bits per heavy atom. The van der Waals surface area contributed by atoms with Crippen LogP contribution in [0.2, 0.25) is 0 Å². The Morgan fingerprint density at radius 3 is 2.31 bits per heavy atom. The zero-order chi connectivity index (χ0) is 24.3. The molecule has 0 bridgehead atoms. The van der Waals surface area contributed by atoms with Gasteiger partial charge in [0.15, 0.2) is 5.96 Å². The number of hydrogen-bond acceptors (Lipinski definition) is 5. The molecule has 0 radical (unpaired) electrons. The fourth-order valence-corrected chi connectivity index (χ4v) is 4.71. The van der Waals surface area contributed by atoms with Crippen LogP contribution in [0.25, 0.3) is 0 Å². The number of carbonyl (C=O) groups is 3. The van der Waals surface area contributed by atoms with E-state index >= 15 is 0 Å². The zero-order valence-electron chi connectivity index (χ0n) is 19.8. The van der Waals surface area contributed by atoms with Gasteiger partial charge in [0.05, 0.1) is 12.5 Å². The van der Waals surface area contributed by atoms with Crippen LogP contribution in [0.5, 0.6) is 0 Å². The van der Waals surface area contributed by atoms with E-state index in [0.29, 0.717) is 6.61 Å². The molecule has 10 nitrogen and oxygen atoms in total. The van der Waals surface area contributed by atoms with Crippen LogP contribution in [0, 0.1) is 23.2 Å². The van der Waals surface area contributed by atoms with Gasteiger partial charge in [0.25, 0.3) is 0 Å². The molecule has 0 saturated heterocycles. The maximum absolute atomic E-state index is 12.7. The van der Waals surface area contributed by atoms with Crippen molar-refractivity contribution in [1.82, 2.24) is 16.0 Å². The Balaban J connectivity index is 3.18. The van der Waals surface area contributed by atoms with Crippen LogP contribution < -0.4 is 21.7 Å². The van der Waals surface area contributed by atoms with E-state index in [4.69, 9.17) is 15.9 Å². The maximum Gasteiger partial charge on any atom is 0.308 e. The van der Waals surface area contributed by atoms with E-state index in [-0.39, 0.29) is 49.2 Å². The first kappa shape index (κ1) is 27.7. The molecule has 1 saturated carbocycles. The highest BCUT2D eigenvalue weighted by Gasteiger charge is 2.52. The monoisotopic (exact) mass is 455 g/mol. The van der Waals surface area contributed by atoms with Crippen molar-refractivity contribution in [2.24, 2.45) is 23.5 Å². The number of amides is 2. The van der Waals surface area contributed by atoms with Crippen LogP contribution in [0.15, 0.2) is 0 Å². The van der Waals surface area contributed by atoms with Crippen LogP contribution in [0.3, 0.4) is 0 Å². The van der Waals surface area contributed by atoms with E-state index in [1.165, 1.54) is 6.92 Å². The van der Waals surface area contributed by atoms with Gasteiger partial charge in [0.2, 0.25) is 11.8 Å². The van der Waals surface area contributed by atoms with Crippen molar-refractivity contribution in [3.8, 4) is 0 Å². The van der Waals surface area contributed by atoms with Gasteiger partial charge in [-0.25, -0.2) is 0 Å². The first-order valence-corrected chi connectivity index (χ1v) is 11.6. The highest BCUT2D eigenvalue weighted by Crippen LogP contribution is 2.38. The lowest BCUT2D eigenvalue weighted by atomic mass is 9.79. The van der Waals surface area contributed by atoms with Gasteiger partial charge in [-0.3, -0.25) is 19.8 Å². The summed E-state index contributed by atoms with van der Waals surface area (Å²) in [5.41, 5.74) is 5.58. The molecule has 0 aromatic heterocycles. The Labute approximate surface area is 190 Å². The summed E-state index contributed by atoms with van der Waals surface area (Å²) in [6.45, 7) is 8.35. The van der Waals surface area contributed by atoms with Crippen LogP contribution >= 0.6 is 0 Å². The van der Waals surface area contributed by atoms with E-state index in [1.807, 2.05) is 13.8 Å². The number of carboxylic acids is 1. The minimum Gasteiger partial charge on any atom is -0.481 e. The average Bonchev–Trinajstić information content (AvgIpc) is 3.04. The fourth-order valence-electron chi connectivity index (χ4n) is 4.71. The number of nitrogens with two attached hydrogens (primary N) is 1. The predicted molar refractivity (Wildman–Crippen MR) is 122 cm³/mol. The molecule has 1 aliphatic rings. The van der Waals surface area contributed by atoms with E-state index in [0.717, 1.165) is 25.7 Å². The predicted octanol–water partition coefficient (Wildman–Crippen LogP) is 1.19. The SMILES string of the molecule is CCCCOCCC(=O)N[C@H]1[C@@H]([C@H](NC(C)=O)C(CC)CC)[C@H](NC(=N)N)C[C@@H]1C(=O)O. The quantitative estimate of drug-likeness (QED) is 0.130. The number of guanidine groups is 1. The summed E-state index contributed by atoms with van der Waals surface area (Å²) < 4.78 is 5.47. The van der Waals surface area contributed by atoms with Crippen molar-refractivity contribution in [2.75, 3.05) is 13.2 Å². The second-order valence-electron chi connectivity index (χ2n) is 8.53. The third-order valence-corrected chi connectivity index (χ3v) is 6.26. The summed E-state index contributed by atoms with van der Waals surface area (Å²) in [5, 5.41) is 26.3. The van der Waals surface area contributed by atoms with Crippen LogP contribution in [-0.4, -0.2) is 60.2 Å². The van der Waals surface area contributed by atoms with Gasteiger partial charge in [-0.2, -0.15) is 0 Å².